The van der Waals surface area contributed by atoms with Crippen LogP contribution in [0.1, 0.15) is 274 Å². The number of allylic oxidation sites excluding steroid dienone is 12. The fourth-order valence-corrected chi connectivity index (χ4v) is 7.59. The van der Waals surface area contributed by atoms with Crippen molar-refractivity contribution in [1.29, 1.82) is 0 Å². The van der Waals surface area contributed by atoms with Gasteiger partial charge >= 0.3 is 0 Å². The summed E-state index contributed by atoms with van der Waals surface area (Å²) in [6.07, 6.45) is 61.5. The summed E-state index contributed by atoms with van der Waals surface area (Å²) < 4.78 is 0. The molecule has 0 spiro atoms. The highest BCUT2D eigenvalue weighted by molar-refractivity contribution is 5.08. The minimum atomic E-state index is 1.17. The van der Waals surface area contributed by atoms with Crippen LogP contribution in [0.4, 0.5) is 0 Å². The molecule has 0 saturated carbocycles. The van der Waals surface area contributed by atoms with Crippen molar-refractivity contribution in [2.24, 2.45) is 0 Å². The normalized spacial score (nSPS) is 13.3. The predicted molar refractivity (Wildman–Crippen MR) is 251 cm³/mol. The zero-order valence-electron chi connectivity index (χ0n) is 38.5. The summed E-state index contributed by atoms with van der Waals surface area (Å²) in [5, 5.41) is 0. The van der Waals surface area contributed by atoms with Crippen LogP contribution in [0, 0.1) is 0 Å². The smallest absolute Gasteiger partial charge is 0.0288 e. The fraction of sp³-hybridized carbons (Fsp3) is 0.778. The molecule has 0 nitrogen and oxygen atoms in total. The molecule has 0 unspecified atom stereocenters. The van der Waals surface area contributed by atoms with Gasteiger partial charge in [-0.05, 0) is 126 Å². The lowest BCUT2D eigenvalue weighted by molar-refractivity contribution is 0.518. The Labute approximate surface area is 342 Å². The van der Waals surface area contributed by atoms with Gasteiger partial charge < -0.3 is 0 Å². The van der Waals surface area contributed by atoms with Crippen LogP contribution in [0.2, 0.25) is 0 Å². The lowest BCUT2D eigenvalue weighted by Gasteiger charge is -2.05. The highest BCUT2D eigenvalue weighted by atomic mass is 14.0. The first-order chi connectivity index (χ1) is 26.2. The van der Waals surface area contributed by atoms with E-state index in [-0.39, 0.29) is 0 Å². The van der Waals surface area contributed by atoms with E-state index in [9.17, 15) is 0 Å². The molecule has 314 valence electrons. The van der Waals surface area contributed by atoms with Crippen LogP contribution >= 0.6 is 0 Å². The summed E-state index contributed by atoms with van der Waals surface area (Å²) in [6.45, 7) is 18.3. The maximum Gasteiger partial charge on any atom is -0.0288 e. The molecule has 0 radical (unpaired) electrons. The van der Waals surface area contributed by atoms with Crippen LogP contribution in [0.5, 0.6) is 0 Å². The van der Waals surface area contributed by atoms with Crippen molar-refractivity contribution in [3.8, 4) is 0 Å². The molecular formula is C54H98. The molecule has 0 aliphatic rings. The second-order valence-corrected chi connectivity index (χ2v) is 17.8. The van der Waals surface area contributed by atoms with Crippen LogP contribution in [0.25, 0.3) is 0 Å². The minimum absolute atomic E-state index is 1.17. The lowest BCUT2D eigenvalue weighted by Crippen LogP contribution is -1.85. The first-order valence-corrected chi connectivity index (χ1v) is 24.2. The second kappa shape index (κ2) is 41.1. The lowest BCUT2D eigenvalue weighted by atomic mass is 10.0. The second-order valence-electron chi connectivity index (χ2n) is 17.8. The summed E-state index contributed by atoms with van der Waals surface area (Å²) in [7, 11) is 0. The molecule has 0 fully saturated rings. The number of hydrogen-bond donors (Lipinski definition) is 0. The number of hydrogen-bond acceptors (Lipinski definition) is 0. The van der Waals surface area contributed by atoms with E-state index in [1.165, 1.54) is 229 Å². The van der Waals surface area contributed by atoms with E-state index in [0.29, 0.717) is 0 Å². The topological polar surface area (TPSA) is 0 Å². The average molecular weight is 747 g/mol. The Bertz CT molecular complexity index is 1000. The van der Waals surface area contributed by atoms with Crippen LogP contribution in [0.15, 0.2) is 69.9 Å². The standard InChI is InChI=1S/C54H98/c1-9-10-11-12-13-14-15-16-17-18-19-20-21-22-23-24-25-26-27-28-29-30-31-39-50(4)43-35-47-54(8)48-37-45-52(6)41-33-32-40-51(5)44-36-46-53(7)42-34-38-49(2)3/h38,40-41,43,46,48H,9-37,39,42,44-45,47H2,1-8H3. The third kappa shape index (κ3) is 41.6. The van der Waals surface area contributed by atoms with E-state index in [0.717, 1.165) is 0 Å². The Kier molecular flexibility index (Phi) is 39.9. The maximum atomic E-state index is 2.51. The highest BCUT2D eigenvalue weighted by Gasteiger charge is 1.98. The van der Waals surface area contributed by atoms with Crippen molar-refractivity contribution in [2.45, 2.75) is 274 Å². The van der Waals surface area contributed by atoms with E-state index in [1.807, 2.05) is 0 Å². The summed E-state index contributed by atoms with van der Waals surface area (Å²) >= 11 is 0. The molecule has 0 bridgehead atoms. The molecule has 0 heteroatoms. The Hall–Kier alpha value is -1.56. The van der Waals surface area contributed by atoms with E-state index in [2.05, 4.69) is 91.8 Å². The molecule has 0 amide bonds. The summed E-state index contributed by atoms with van der Waals surface area (Å²) in [5.41, 5.74) is 9.22. The minimum Gasteiger partial charge on any atom is -0.0856 e. The van der Waals surface area contributed by atoms with Gasteiger partial charge in [-0.15, -0.1) is 0 Å². The van der Waals surface area contributed by atoms with Gasteiger partial charge in [-0.25, -0.2) is 0 Å². The summed E-state index contributed by atoms with van der Waals surface area (Å²) in [5.74, 6) is 0. The molecule has 0 aliphatic heterocycles. The molecule has 0 aliphatic carbocycles. The van der Waals surface area contributed by atoms with Gasteiger partial charge in [0.25, 0.3) is 0 Å². The van der Waals surface area contributed by atoms with Crippen molar-refractivity contribution in [1.82, 2.24) is 0 Å². The van der Waals surface area contributed by atoms with E-state index in [1.54, 1.807) is 22.3 Å². The predicted octanol–water partition coefficient (Wildman–Crippen LogP) is 20.0. The largest absolute Gasteiger partial charge is 0.0856 e. The molecule has 0 saturated heterocycles. The van der Waals surface area contributed by atoms with Gasteiger partial charge in [-0.2, -0.15) is 0 Å². The van der Waals surface area contributed by atoms with Crippen LogP contribution < -0.4 is 0 Å². The van der Waals surface area contributed by atoms with Gasteiger partial charge in [-0.1, -0.05) is 218 Å². The quantitative estimate of drug-likeness (QED) is 0.0434. The van der Waals surface area contributed by atoms with Crippen molar-refractivity contribution in [3.05, 3.63) is 69.9 Å². The van der Waals surface area contributed by atoms with Crippen LogP contribution in [0.3, 0.4) is 0 Å². The Morgan fingerprint density at radius 3 is 0.741 bits per heavy atom. The summed E-state index contributed by atoms with van der Waals surface area (Å²) in [4.78, 5) is 0. The Morgan fingerprint density at radius 1 is 0.241 bits per heavy atom. The zero-order chi connectivity index (χ0) is 39.7. The van der Waals surface area contributed by atoms with E-state index in [4.69, 9.17) is 0 Å². The molecule has 0 heterocycles. The van der Waals surface area contributed by atoms with Crippen molar-refractivity contribution < 1.29 is 0 Å². The molecule has 0 rings (SSSR count). The zero-order valence-corrected chi connectivity index (χ0v) is 38.5. The molecule has 54 heavy (non-hydrogen) atoms. The van der Waals surface area contributed by atoms with Crippen molar-refractivity contribution in [2.75, 3.05) is 0 Å². The maximum absolute atomic E-state index is 2.51. The first-order valence-electron chi connectivity index (χ1n) is 24.2. The van der Waals surface area contributed by atoms with Gasteiger partial charge in [0.1, 0.15) is 0 Å². The van der Waals surface area contributed by atoms with Crippen molar-refractivity contribution >= 4 is 0 Å². The van der Waals surface area contributed by atoms with Crippen molar-refractivity contribution in [3.63, 3.8) is 0 Å². The Balaban J connectivity index is 3.66. The summed E-state index contributed by atoms with van der Waals surface area (Å²) in [6, 6.07) is 0. The first kappa shape index (κ1) is 52.4. The van der Waals surface area contributed by atoms with Gasteiger partial charge in [0, 0.05) is 0 Å². The van der Waals surface area contributed by atoms with Crippen LogP contribution in [-0.4, -0.2) is 0 Å². The van der Waals surface area contributed by atoms with Gasteiger partial charge in [-0.3, -0.25) is 0 Å². The molecule has 0 aromatic rings. The molecule has 0 N–H and O–H groups in total. The van der Waals surface area contributed by atoms with Crippen LogP contribution in [-0.2, 0) is 0 Å². The molecule has 0 aromatic heterocycles. The molecule has 0 atom stereocenters. The number of unbranched alkanes of at least 4 members (excludes halogenated alkanes) is 23. The van der Waals surface area contributed by atoms with E-state index >= 15 is 0 Å². The molecule has 0 aromatic carbocycles. The molecular weight excluding hydrogens is 649 g/mol. The van der Waals surface area contributed by atoms with Gasteiger partial charge in [0.2, 0.25) is 0 Å². The van der Waals surface area contributed by atoms with E-state index < -0.39 is 0 Å². The SMILES string of the molecule is CCCCCCCCCCCCCCCCCCCCCCCCCC(C)=CCCC(C)=CCCC(C)=CCCC=C(C)CCC=C(C)CCC=C(C)C. The number of rotatable bonds is 39. The van der Waals surface area contributed by atoms with Gasteiger partial charge in [0.15, 0.2) is 0 Å². The third-order valence-electron chi connectivity index (χ3n) is 11.5. The average Bonchev–Trinajstić information content (AvgIpc) is 3.13. The van der Waals surface area contributed by atoms with Gasteiger partial charge in [0.05, 0.1) is 0 Å². The third-order valence-corrected chi connectivity index (χ3v) is 11.5. The highest BCUT2D eigenvalue weighted by Crippen LogP contribution is 2.18. The monoisotopic (exact) mass is 747 g/mol. The fourth-order valence-electron chi connectivity index (χ4n) is 7.59. The Morgan fingerprint density at radius 2 is 0.463 bits per heavy atom.